The van der Waals surface area contributed by atoms with Gasteiger partial charge in [0, 0.05) is 25.1 Å². The number of ether oxygens (including phenoxy) is 1. The third-order valence-electron chi connectivity index (χ3n) is 5.91. The molecule has 1 aromatic heterocycles. The highest BCUT2D eigenvalue weighted by molar-refractivity contribution is 7.09. The summed E-state index contributed by atoms with van der Waals surface area (Å²) >= 11 is 1.60. The lowest BCUT2D eigenvalue weighted by Crippen LogP contribution is -2.64. The van der Waals surface area contributed by atoms with Gasteiger partial charge in [0.1, 0.15) is 5.60 Å². The van der Waals surface area contributed by atoms with E-state index in [0.717, 1.165) is 10.4 Å². The predicted molar refractivity (Wildman–Crippen MR) is 121 cm³/mol. The first-order valence-corrected chi connectivity index (χ1v) is 11.3. The summed E-state index contributed by atoms with van der Waals surface area (Å²) in [7, 11) is 1.49. The number of carbonyl (C=O) groups is 2. The number of rotatable bonds is 8. The molecule has 2 aromatic rings. The zero-order valence-corrected chi connectivity index (χ0v) is 19.1. The van der Waals surface area contributed by atoms with E-state index in [1.54, 1.807) is 25.2 Å². The average molecular weight is 446 g/mol. The predicted octanol–water partition coefficient (Wildman–Crippen LogP) is 1.87. The van der Waals surface area contributed by atoms with Crippen LogP contribution in [0.3, 0.4) is 0 Å². The highest BCUT2D eigenvalue weighted by Gasteiger charge is 2.47. The maximum absolute atomic E-state index is 12.9. The number of thiophene rings is 1. The third kappa shape index (κ3) is 5.51. The van der Waals surface area contributed by atoms with Crippen molar-refractivity contribution in [3.05, 3.63) is 58.3 Å². The van der Waals surface area contributed by atoms with E-state index in [0.29, 0.717) is 19.5 Å². The van der Waals surface area contributed by atoms with E-state index < -0.39 is 17.2 Å². The van der Waals surface area contributed by atoms with Crippen molar-refractivity contribution in [2.24, 2.45) is 0 Å². The van der Waals surface area contributed by atoms with Crippen LogP contribution >= 0.6 is 11.3 Å². The van der Waals surface area contributed by atoms with Crippen molar-refractivity contribution in [2.75, 3.05) is 26.7 Å². The fraction of sp³-hybridized carbons (Fsp3) is 0.478. The van der Waals surface area contributed by atoms with E-state index in [1.807, 2.05) is 52.7 Å². The number of methoxy groups -OCH3 is 1. The molecule has 168 valence electrons. The molecule has 2 heterocycles. The molecule has 2 atom stereocenters. The Hall–Kier alpha value is -2.26. The van der Waals surface area contributed by atoms with Gasteiger partial charge < -0.3 is 20.5 Å². The van der Waals surface area contributed by atoms with Crippen LogP contribution < -0.4 is 10.6 Å². The van der Waals surface area contributed by atoms with Crippen molar-refractivity contribution in [3.8, 4) is 0 Å². The van der Waals surface area contributed by atoms with Gasteiger partial charge in [-0.05, 0) is 37.3 Å². The summed E-state index contributed by atoms with van der Waals surface area (Å²) < 4.78 is 5.33. The number of benzene rings is 1. The van der Waals surface area contributed by atoms with Crippen molar-refractivity contribution in [1.29, 1.82) is 0 Å². The largest absolute Gasteiger partial charge is 0.389 e. The van der Waals surface area contributed by atoms with Gasteiger partial charge in [-0.2, -0.15) is 0 Å². The molecular formula is C23H31N3O4S. The molecule has 2 amide bonds. The first-order valence-electron chi connectivity index (χ1n) is 10.4. The molecule has 1 aliphatic rings. The number of piperidine rings is 1. The number of β-amino-alcohol motifs (C(OH)–C–C–N with tert-alkyl or cyclic N) is 1. The molecule has 31 heavy (non-hydrogen) atoms. The van der Waals surface area contributed by atoms with Gasteiger partial charge in [-0.15, -0.1) is 11.3 Å². The molecule has 0 aliphatic carbocycles. The SMILES string of the molecule is COC(C)(C)C(=O)N[C@]1(c2ccccc2)CCN(CC(=O)NCc2cccs2)C[C@H]1O. The molecular weight excluding hydrogens is 414 g/mol. The van der Waals surface area contributed by atoms with Gasteiger partial charge in [0.2, 0.25) is 5.91 Å². The van der Waals surface area contributed by atoms with Gasteiger partial charge in [-0.25, -0.2) is 0 Å². The zero-order chi connectivity index (χ0) is 22.5. The summed E-state index contributed by atoms with van der Waals surface area (Å²) in [6, 6.07) is 13.4. The molecule has 1 aliphatic heterocycles. The molecule has 7 nitrogen and oxygen atoms in total. The van der Waals surface area contributed by atoms with E-state index >= 15 is 0 Å². The van der Waals surface area contributed by atoms with Crippen LogP contribution in [0.2, 0.25) is 0 Å². The summed E-state index contributed by atoms with van der Waals surface area (Å²) in [5.74, 6) is -0.377. The van der Waals surface area contributed by atoms with Crippen LogP contribution in [0.25, 0.3) is 0 Å². The number of amides is 2. The van der Waals surface area contributed by atoms with Crippen LogP contribution in [0.15, 0.2) is 47.8 Å². The Morgan fingerprint density at radius 2 is 2.00 bits per heavy atom. The van der Waals surface area contributed by atoms with E-state index in [9.17, 15) is 14.7 Å². The smallest absolute Gasteiger partial charge is 0.252 e. The molecule has 0 saturated carbocycles. The lowest BCUT2D eigenvalue weighted by molar-refractivity contribution is -0.146. The second kappa shape index (κ2) is 9.91. The van der Waals surface area contributed by atoms with E-state index in [2.05, 4.69) is 10.6 Å². The van der Waals surface area contributed by atoms with Crippen LogP contribution in [-0.4, -0.2) is 60.3 Å². The highest BCUT2D eigenvalue weighted by Crippen LogP contribution is 2.34. The van der Waals surface area contributed by atoms with Gasteiger partial charge >= 0.3 is 0 Å². The molecule has 0 spiro atoms. The van der Waals surface area contributed by atoms with Crippen LogP contribution in [0, 0.1) is 0 Å². The normalized spacial score (nSPS) is 22.1. The lowest BCUT2D eigenvalue weighted by atomic mass is 9.78. The van der Waals surface area contributed by atoms with Crippen molar-refractivity contribution in [3.63, 3.8) is 0 Å². The van der Waals surface area contributed by atoms with Crippen molar-refractivity contribution in [1.82, 2.24) is 15.5 Å². The zero-order valence-electron chi connectivity index (χ0n) is 18.3. The average Bonchev–Trinajstić information content (AvgIpc) is 3.28. The van der Waals surface area contributed by atoms with Gasteiger partial charge in [0.25, 0.3) is 5.91 Å². The van der Waals surface area contributed by atoms with Crippen LogP contribution in [-0.2, 0) is 26.4 Å². The maximum atomic E-state index is 12.9. The van der Waals surface area contributed by atoms with Crippen LogP contribution in [0.4, 0.5) is 0 Å². The third-order valence-corrected chi connectivity index (χ3v) is 6.79. The molecule has 1 aromatic carbocycles. The monoisotopic (exact) mass is 445 g/mol. The minimum absolute atomic E-state index is 0.0858. The summed E-state index contributed by atoms with van der Waals surface area (Å²) in [5.41, 5.74) is -1.14. The van der Waals surface area contributed by atoms with Gasteiger partial charge in [0.15, 0.2) is 0 Å². The number of likely N-dealkylation sites (tertiary alicyclic amines) is 1. The number of hydrogen-bond donors (Lipinski definition) is 3. The minimum atomic E-state index is -1.03. The van der Waals surface area contributed by atoms with Gasteiger partial charge in [-0.1, -0.05) is 36.4 Å². The molecule has 1 fully saturated rings. The van der Waals surface area contributed by atoms with Gasteiger partial charge in [-0.3, -0.25) is 14.5 Å². The highest BCUT2D eigenvalue weighted by atomic mass is 32.1. The summed E-state index contributed by atoms with van der Waals surface area (Å²) in [5, 5.41) is 19.2. The first-order chi connectivity index (χ1) is 14.8. The van der Waals surface area contributed by atoms with Crippen LogP contribution in [0.5, 0.6) is 0 Å². The second-order valence-corrected chi connectivity index (χ2v) is 9.40. The fourth-order valence-corrected chi connectivity index (χ4v) is 4.37. The van der Waals surface area contributed by atoms with Crippen LogP contribution in [0.1, 0.15) is 30.7 Å². The minimum Gasteiger partial charge on any atom is -0.389 e. The molecule has 0 unspecified atom stereocenters. The van der Waals surface area contributed by atoms with Crippen molar-refractivity contribution < 1.29 is 19.4 Å². The fourth-order valence-electron chi connectivity index (χ4n) is 3.73. The number of nitrogens with zero attached hydrogens (tertiary/aromatic N) is 1. The van der Waals surface area contributed by atoms with E-state index in [4.69, 9.17) is 4.74 Å². The van der Waals surface area contributed by atoms with Crippen molar-refractivity contribution in [2.45, 2.75) is 44.1 Å². The topological polar surface area (TPSA) is 90.9 Å². The number of hydrogen-bond acceptors (Lipinski definition) is 6. The Labute approximate surface area is 187 Å². The quantitative estimate of drug-likeness (QED) is 0.577. The molecule has 3 rings (SSSR count). The van der Waals surface area contributed by atoms with Crippen molar-refractivity contribution >= 4 is 23.2 Å². The maximum Gasteiger partial charge on any atom is 0.252 e. The molecule has 0 bridgehead atoms. The molecule has 0 radical (unpaired) electrons. The number of aliphatic hydroxyl groups is 1. The van der Waals surface area contributed by atoms with E-state index in [1.165, 1.54) is 7.11 Å². The Morgan fingerprint density at radius 1 is 1.26 bits per heavy atom. The van der Waals surface area contributed by atoms with Gasteiger partial charge in [0.05, 0.1) is 24.7 Å². The van der Waals surface area contributed by atoms with E-state index in [-0.39, 0.29) is 24.9 Å². The number of carbonyl (C=O) groups excluding carboxylic acids is 2. The Morgan fingerprint density at radius 3 is 2.61 bits per heavy atom. The summed E-state index contributed by atoms with van der Waals surface area (Å²) in [6.07, 6.45) is -0.410. The lowest BCUT2D eigenvalue weighted by Gasteiger charge is -2.47. The summed E-state index contributed by atoms with van der Waals surface area (Å²) in [6.45, 7) is 4.93. The number of nitrogens with one attached hydrogen (secondary N) is 2. The Bertz CT molecular complexity index is 872. The Balaban J connectivity index is 1.69. The molecule has 3 N–H and O–H groups in total. The molecule has 8 heteroatoms. The first kappa shape index (κ1) is 23.4. The summed E-state index contributed by atoms with van der Waals surface area (Å²) in [4.78, 5) is 28.3. The molecule has 1 saturated heterocycles. The second-order valence-electron chi connectivity index (χ2n) is 8.36. The Kier molecular flexibility index (Phi) is 7.48. The number of aliphatic hydroxyl groups excluding tert-OH is 1. The standard InChI is InChI=1S/C23H31N3O4S/c1-22(2,30-3)21(29)25-23(17-8-5-4-6-9-17)11-12-26(15-19(23)27)16-20(28)24-14-18-10-7-13-31-18/h4-10,13,19,27H,11-12,14-16H2,1-3H3,(H,24,28)(H,25,29)/t19-,23+/m1/s1.